The van der Waals surface area contributed by atoms with E-state index in [1.54, 1.807) is 47.4 Å². The van der Waals surface area contributed by atoms with Gasteiger partial charge in [0.25, 0.3) is 11.8 Å². The number of benzene rings is 2. The molecule has 0 bridgehead atoms. The molecule has 0 spiro atoms. The molecule has 1 N–H and O–H groups in total. The van der Waals surface area contributed by atoms with Crippen LogP contribution in [0.1, 0.15) is 34.6 Å². The Morgan fingerprint density at radius 3 is 2.46 bits per heavy atom. The summed E-state index contributed by atoms with van der Waals surface area (Å²) in [6, 6.07) is 12.1. The molecule has 0 heterocycles. The van der Waals surface area contributed by atoms with Crippen LogP contribution in [0.4, 0.5) is 5.69 Å². The van der Waals surface area contributed by atoms with E-state index in [1.165, 1.54) is 0 Å². The van der Waals surface area contributed by atoms with Crippen molar-refractivity contribution in [3.05, 3.63) is 62.2 Å². The molecule has 0 aromatic heterocycles. The number of anilines is 1. The second kappa shape index (κ2) is 8.48. The van der Waals surface area contributed by atoms with Crippen LogP contribution in [-0.2, 0) is 0 Å². The van der Waals surface area contributed by atoms with E-state index in [2.05, 4.69) is 27.9 Å². The van der Waals surface area contributed by atoms with E-state index in [1.807, 2.05) is 13.8 Å². The van der Waals surface area contributed by atoms with Crippen molar-refractivity contribution < 1.29 is 9.59 Å². The lowest BCUT2D eigenvalue weighted by Crippen LogP contribution is -2.30. The van der Waals surface area contributed by atoms with Crippen LogP contribution in [0, 0.1) is 3.57 Å². The van der Waals surface area contributed by atoms with E-state index in [-0.39, 0.29) is 11.8 Å². The molecule has 126 valence electrons. The standard InChI is InChI=1S/C18H18ClIN2O2/c1-3-22(4-2)18(24)12-6-5-7-14(10-12)21-17(23)15-9-8-13(19)11-16(15)20/h5-11H,3-4H2,1-2H3,(H,21,23). The number of rotatable bonds is 5. The smallest absolute Gasteiger partial charge is 0.256 e. The maximum atomic E-state index is 12.4. The van der Waals surface area contributed by atoms with Gasteiger partial charge in [0.2, 0.25) is 0 Å². The van der Waals surface area contributed by atoms with Crippen molar-refractivity contribution in [1.82, 2.24) is 4.90 Å². The van der Waals surface area contributed by atoms with Crippen molar-refractivity contribution in [3.8, 4) is 0 Å². The van der Waals surface area contributed by atoms with Crippen LogP contribution < -0.4 is 5.32 Å². The molecule has 0 saturated heterocycles. The molecule has 0 aliphatic heterocycles. The van der Waals surface area contributed by atoms with Crippen LogP contribution in [0.25, 0.3) is 0 Å². The first kappa shape index (κ1) is 18.7. The predicted molar refractivity (Wildman–Crippen MR) is 106 cm³/mol. The first-order valence-electron chi connectivity index (χ1n) is 7.62. The fourth-order valence-corrected chi connectivity index (χ4v) is 3.41. The normalized spacial score (nSPS) is 10.3. The fraction of sp³-hybridized carbons (Fsp3) is 0.222. The van der Waals surface area contributed by atoms with Crippen LogP contribution in [0.2, 0.25) is 5.02 Å². The highest BCUT2D eigenvalue weighted by atomic mass is 127. The summed E-state index contributed by atoms with van der Waals surface area (Å²) in [6.45, 7) is 5.18. The highest BCUT2D eigenvalue weighted by Gasteiger charge is 2.14. The Balaban J connectivity index is 2.20. The number of carbonyl (C=O) groups is 2. The molecule has 0 fully saturated rings. The Kier molecular flexibility index (Phi) is 6.62. The summed E-state index contributed by atoms with van der Waals surface area (Å²) in [4.78, 5) is 26.6. The second-order valence-electron chi connectivity index (χ2n) is 5.14. The van der Waals surface area contributed by atoms with Gasteiger partial charge in [-0.2, -0.15) is 0 Å². The van der Waals surface area contributed by atoms with Crippen LogP contribution in [-0.4, -0.2) is 29.8 Å². The van der Waals surface area contributed by atoms with E-state index in [0.717, 1.165) is 3.57 Å². The number of amides is 2. The quantitative estimate of drug-likeness (QED) is 0.664. The number of nitrogens with zero attached hydrogens (tertiary/aromatic N) is 1. The Morgan fingerprint density at radius 2 is 1.83 bits per heavy atom. The van der Waals surface area contributed by atoms with Crippen LogP contribution >= 0.6 is 34.2 Å². The van der Waals surface area contributed by atoms with E-state index < -0.39 is 0 Å². The molecule has 2 aromatic carbocycles. The van der Waals surface area contributed by atoms with Crippen LogP contribution in [0.15, 0.2) is 42.5 Å². The molecule has 2 aromatic rings. The number of nitrogens with one attached hydrogen (secondary N) is 1. The van der Waals surface area contributed by atoms with Crippen molar-refractivity contribution >= 4 is 51.7 Å². The molecule has 0 aliphatic rings. The third kappa shape index (κ3) is 4.48. The second-order valence-corrected chi connectivity index (χ2v) is 6.74. The molecule has 0 unspecified atom stereocenters. The van der Waals surface area contributed by atoms with Gasteiger partial charge in [-0.05, 0) is 72.8 Å². The predicted octanol–water partition coefficient (Wildman–Crippen LogP) is 4.68. The largest absolute Gasteiger partial charge is 0.339 e. The Morgan fingerprint density at radius 1 is 1.12 bits per heavy atom. The van der Waals surface area contributed by atoms with Crippen LogP contribution in [0.3, 0.4) is 0 Å². The van der Waals surface area contributed by atoms with E-state index in [9.17, 15) is 9.59 Å². The van der Waals surface area contributed by atoms with Crippen molar-refractivity contribution in [1.29, 1.82) is 0 Å². The molecular formula is C18H18ClIN2O2. The average Bonchev–Trinajstić information content (AvgIpc) is 2.56. The lowest BCUT2D eigenvalue weighted by atomic mass is 10.1. The van der Waals surface area contributed by atoms with Gasteiger partial charge in [-0.25, -0.2) is 0 Å². The molecule has 2 amide bonds. The Hall–Kier alpha value is -1.60. The topological polar surface area (TPSA) is 49.4 Å². The van der Waals surface area contributed by atoms with Gasteiger partial charge in [0.1, 0.15) is 0 Å². The molecule has 2 rings (SSSR count). The van der Waals surface area contributed by atoms with Crippen molar-refractivity contribution in [2.75, 3.05) is 18.4 Å². The van der Waals surface area contributed by atoms with E-state index >= 15 is 0 Å². The van der Waals surface area contributed by atoms with Crippen LogP contribution in [0.5, 0.6) is 0 Å². The molecule has 0 saturated carbocycles. The molecule has 4 nitrogen and oxygen atoms in total. The zero-order chi connectivity index (χ0) is 17.7. The van der Waals surface area contributed by atoms with E-state index in [4.69, 9.17) is 11.6 Å². The minimum Gasteiger partial charge on any atom is -0.339 e. The lowest BCUT2D eigenvalue weighted by Gasteiger charge is -2.19. The first-order chi connectivity index (χ1) is 11.5. The van der Waals surface area contributed by atoms with Crippen molar-refractivity contribution in [2.24, 2.45) is 0 Å². The SMILES string of the molecule is CCN(CC)C(=O)c1cccc(NC(=O)c2ccc(Cl)cc2I)c1. The highest BCUT2D eigenvalue weighted by molar-refractivity contribution is 14.1. The third-order valence-corrected chi connectivity index (χ3v) is 4.72. The van der Waals surface area contributed by atoms with Gasteiger partial charge in [0.15, 0.2) is 0 Å². The summed E-state index contributed by atoms with van der Waals surface area (Å²) in [7, 11) is 0. The molecule has 24 heavy (non-hydrogen) atoms. The molecule has 0 radical (unpaired) electrons. The highest BCUT2D eigenvalue weighted by Crippen LogP contribution is 2.20. The summed E-state index contributed by atoms with van der Waals surface area (Å²) < 4.78 is 0.771. The zero-order valence-corrected chi connectivity index (χ0v) is 16.4. The molecule has 0 aliphatic carbocycles. The number of hydrogen-bond donors (Lipinski definition) is 1. The minimum absolute atomic E-state index is 0.0443. The number of halogens is 2. The molecule has 0 atom stereocenters. The number of hydrogen-bond acceptors (Lipinski definition) is 2. The third-order valence-electron chi connectivity index (χ3n) is 3.59. The Labute approximate surface area is 160 Å². The van der Waals surface area contributed by atoms with Gasteiger partial charge >= 0.3 is 0 Å². The van der Waals surface area contributed by atoms with Crippen molar-refractivity contribution in [3.63, 3.8) is 0 Å². The van der Waals surface area contributed by atoms with Gasteiger partial charge in [-0.3, -0.25) is 9.59 Å². The summed E-state index contributed by atoms with van der Waals surface area (Å²) in [5, 5.41) is 3.42. The maximum Gasteiger partial charge on any atom is 0.256 e. The zero-order valence-electron chi connectivity index (χ0n) is 13.5. The maximum absolute atomic E-state index is 12.4. The van der Waals surface area contributed by atoms with E-state index in [0.29, 0.717) is 34.9 Å². The summed E-state index contributed by atoms with van der Waals surface area (Å²) >= 11 is 7.99. The average molecular weight is 457 g/mol. The monoisotopic (exact) mass is 456 g/mol. The summed E-state index contributed by atoms with van der Waals surface area (Å²) in [6.07, 6.45) is 0. The van der Waals surface area contributed by atoms with Gasteiger partial charge in [0.05, 0.1) is 5.56 Å². The van der Waals surface area contributed by atoms with Gasteiger partial charge in [-0.15, -0.1) is 0 Å². The Bertz CT molecular complexity index is 760. The lowest BCUT2D eigenvalue weighted by molar-refractivity contribution is 0.0772. The van der Waals surface area contributed by atoms with Gasteiger partial charge in [-0.1, -0.05) is 17.7 Å². The molecule has 6 heteroatoms. The summed E-state index contributed by atoms with van der Waals surface area (Å²) in [5.74, 6) is -0.277. The van der Waals surface area contributed by atoms with Crippen molar-refractivity contribution in [2.45, 2.75) is 13.8 Å². The minimum atomic E-state index is -0.233. The van der Waals surface area contributed by atoms with Gasteiger partial charge in [0, 0.05) is 32.9 Å². The first-order valence-corrected chi connectivity index (χ1v) is 9.07. The molecular weight excluding hydrogens is 439 g/mol. The summed E-state index contributed by atoms with van der Waals surface area (Å²) in [5.41, 5.74) is 1.69. The fourth-order valence-electron chi connectivity index (χ4n) is 2.30. The van der Waals surface area contributed by atoms with Gasteiger partial charge < -0.3 is 10.2 Å². The number of carbonyl (C=O) groups excluding carboxylic acids is 2.